The van der Waals surface area contributed by atoms with Crippen LogP contribution < -0.4 is 0 Å². The molecule has 0 aliphatic rings. The van der Waals surface area contributed by atoms with Crippen molar-refractivity contribution >= 4 is 17.9 Å². The first-order valence-corrected chi connectivity index (χ1v) is 25.9. The summed E-state index contributed by atoms with van der Waals surface area (Å²) in [5.41, 5.74) is 0. The second kappa shape index (κ2) is 46.5. The molecule has 0 N–H and O–H groups in total. The summed E-state index contributed by atoms with van der Waals surface area (Å²) in [6.45, 7) is 9.03. The summed E-state index contributed by atoms with van der Waals surface area (Å²) in [6, 6.07) is 0. The Bertz CT molecular complexity index is 874. The predicted octanol–water partition coefficient (Wildman–Crippen LogP) is 16.7. The fourth-order valence-corrected chi connectivity index (χ4v) is 7.83. The Hall–Kier alpha value is -1.59. The molecular weight excluding hydrogens is 721 g/mol. The van der Waals surface area contributed by atoms with Crippen LogP contribution in [0.15, 0.2) is 0 Å². The molecule has 0 saturated carbocycles. The molecule has 0 rings (SSSR count). The van der Waals surface area contributed by atoms with E-state index >= 15 is 0 Å². The summed E-state index contributed by atoms with van der Waals surface area (Å²) in [5, 5.41) is 0. The SMILES string of the molecule is CCCCCCCCCCCCCCCCCCCC(=O)OC[C@@H](COC(=O)CCCCCCCCCCCCC(C)CC)OC(=O)CCCCCCCCCCC. The lowest BCUT2D eigenvalue weighted by atomic mass is 9.99. The van der Waals surface area contributed by atoms with Gasteiger partial charge in [0.2, 0.25) is 0 Å². The summed E-state index contributed by atoms with van der Waals surface area (Å²) in [7, 11) is 0. The Balaban J connectivity index is 4.23. The highest BCUT2D eigenvalue weighted by Crippen LogP contribution is 2.17. The molecule has 0 aromatic carbocycles. The zero-order chi connectivity index (χ0) is 42.4. The summed E-state index contributed by atoms with van der Waals surface area (Å²) >= 11 is 0. The molecule has 6 nitrogen and oxygen atoms in total. The van der Waals surface area contributed by atoms with E-state index in [1.54, 1.807) is 0 Å². The van der Waals surface area contributed by atoms with Crippen LogP contribution in [0.25, 0.3) is 0 Å². The smallest absolute Gasteiger partial charge is 0.306 e. The highest BCUT2D eigenvalue weighted by atomic mass is 16.6. The molecule has 0 aliphatic carbocycles. The van der Waals surface area contributed by atoms with Crippen LogP contribution in [-0.4, -0.2) is 37.2 Å². The Morgan fingerprint density at radius 3 is 0.897 bits per heavy atom. The van der Waals surface area contributed by atoms with Gasteiger partial charge in [0.05, 0.1) is 0 Å². The molecule has 0 aromatic rings. The van der Waals surface area contributed by atoms with E-state index in [4.69, 9.17) is 14.2 Å². The Labute approximate surface area is 361 Å². The van der Waals surface area contributed by atoms with Crippen molar-refractivity contribution in [3.63, 3.8) is 0 Å². The molecular formula is C52H100O6. The minimum Gasteiger partial charge on any atom is -0.462 e. The number of hydrogen-bond donors (Lipinski definition) is 0. The average molecular weight is 821 g/mol. The highest BCUT2D eigenvalue weighted by Gasteiger charge is 2.19. The fraction of sp³-hybridized carbons (Fsp3) is 0.942. The van der Waals surface area contributed by atoms with E-state index in [-0.39, 0.29) is 31.1 Å². The van der Waals surface area contributed by atoms with E-state index in [2.05, 4.69) is 27.7 Å². The number of ether oxygens (including phenoxy) is 3. The maximum absolute atomic E-state index is 12.7. The maximum Gasteiger partial charge on any atom is 0.306 e. The quantitative estimate of drug-likeness (QED) is 0.0346. The number of carbonyl (C=O) groups is 3. The van der Waals surface area contributed by atoms with E-state index in [1.807, 2.05) is 0 Å². The molecule has 0 aromatic heterocycles. The zero-order valence-corrected chi connectivity index (χ0v) is 39.5. The first-order valence-electron chi connectivity index (χ1n) is 25.9. The Kier molecular flexibility index (Phi) is 45.2. The number of rotatable bonds is 47. The van der Waals surface area contributed by atoms with Gasteiger partial charge in [0, 0.05) is 19.3 Å². The molecule has 2 atom stereocenters. The number of esters is 3. The molecule has 58 heavy (non-hydrogen) atoms. The molecule has 0 spiro atoms. The van der Waals surface area contributed by atoms with E-state index in [1.165, 1.54) is 186 Å². The van der Waals surface area contributed by atoms with Gasteiger partial charge in [0.15, 0.2) is 6.10 Å². The third-order valence-electron chi connectivity index (χ3n) is 12.2. The van der Waals surface area contributed by atoms with E-state index < -0.39 is 6.10 Å². The molecule has 0 fully saturated rings. The van der Waals surface area contributed by atoms with Crippen molar-refractivity contribution < 1.29 is 28.6 Å². The van der Waals surface area contributed by atoms with E-state index in [0.29, 0.717) is 19.3 Å². The van der Waals surface area contributed by atoms with Crippen LogP contribution in [0.5, 0.6) is 0 Å². The fourth-order valence-electron chi connectivity index (χ4n) is 7.83. The maximum atomic E-state index is 12.7. The van der Waals surface area contributed by atoms with Crippen molar-refractivity contribution in [1.82, 2.24) is 0 Å². The van der Waals surface area contributed by atoms with Gasteiger partial charge in [-0.15, -0.1) is 0 Å². The van der Waals surface area contributed by atoms with Crippen molar-refractivity contribution in [1.29, 1.82) is 0 Å². The number of unbranched alkanes of at least 4 members (excludes halogenated alkanes) is 33. The van der Waals surface area contributed by atoms with Gasteiger partial charge in [0.1, 0.15) is 13.2 Å². The van der Waals surface area contributed by atoms with Gasteiger partial charge in [-0.05, 0) is 25.2 Å². The van der Waals surface area contributed by atoms with Gasteiger partial charge in [0.25, 0.3) is 0 Å². The van der Waals surface area contributed by atoms with Crippen LogP contribution in [0.4, 0.5) is 0 Å². The van der Waals surface area contributed by atoms with Crippen LogP contribution >= 0.6 is 0 Å². The van der Waals surface area contributed by atoms with Gasteiger partial charge in [-0.1, -0.05) is 252 Å². The minimum absolute atomic E-state index is 0.0631. The minimum atomic E-state index is -0.760. The number of carbonyl (C=O) groups excluding carboxylic acids is 3. The largest absolute Gasteiger partial charge is 0.462 e. The second-order valence-electron chi connectivity index (χ2n) is 18.1. The topological polar surface area (TPSA) is 78.9 Å². The van der Waals surface area contributed by atoms with Crippen molar-refractivity contribution in [2.24, 2.45) is 5.92 Å². The van der Waals surface area contributed by atoms with Gasteiger partial charge < -0.3 is 14.2 Å². The second-order valence-corrected chi connectivity index (χ2v) is 18.1. The highest BCUT2D eigenvalue weighted by molar-refractivity contribution is 5.71. The summed E-state index contributed by atoms with van der Waals surface area (Å²) in [4.78, 5) is 37.9. The standard InChI is InChI=1S/C52H100O6/c1-5-8-10-12-14-16-17-18-19-20-21-22-23-28-31-35-39-43-50(53)56-46-49(58-52(55)45-41-37-33-26-15-13-11-9-6-2)47-57-51(54)44-40-36-32-29-25-24-27-30-34-38-42-48(4)7-3/h48-49H,5-47H2,1-4H3/t48?,49-/m0/s1. The third-order valence-corrected chi connectivity index (χ3v) is 12.2. The molecule has 1 unspecified atom stereocenters. The lowest BCUT2D eigenvalue weighted by Gasteiger charge is -2.18. The predicted molar refractivity (Wildman–Crippen MR) is 247 cm³/mol. The third kappa shape index (κ3) is 44.0. The van der Waals surface area contributed by atoms with Crippen LogP contribution in [0, 0.1) is 5.92 Å². The van der Waals surface area contributed by atoms with E-state index in [9.17, 15) is 14.4 Å². The van der Waals surface area contributed by atoms with Crippen molar-refractivity contribution in [3.05, 3.63) is 0 Å². The monoisotopic (exact) mass is 821 g/mol. The van der Waals surface area contributed by atoms with Gasteiger partial charge in [-0.3, -0.25) is 14.4 Å². The molecule has 6 heteroatoms. The zero-order valence-electron chi connectivity index (χ0n) is 39.5. The Morgan fingerprint density at radius 1 is 0.345 bits per heavy atom. The molecule has 0 heterocycles. The van der Waals surface area contributed by atoms with Gasteiger partial charge in [-0.2, -0.15) is 0 Å². The molecule has 0 bridgehead atoms. The van der Waals surface area contributed by atoms with Crippen LogP contribution in [0.2, 0.25) is 0 Å². The van der Waals surface area contributed by atoms with Gasteiger partial charge in [-0.25, -0.2) is 0 Å². The molecule has 0 amide bonds. The van der Waals surface area contributed by atoms with E-state index in [0.717, 1.165) is 63.7 Å². The first-order chi connectivity index (χ1) is 28.4. The van der Waals surface area contributed by atoms with Crippen molar-refractivity contribution in [2.45, 2.75) is 297 Å². The van der Waals surface area contributed by atoms with Crippen molar-refractivity contribution in [2.75, 3.05) is 13.2 Å². The lowest BCUT2D eigenvalue weighted by molar-refractivity contribution is -0.167. The molecule has 0 radical (unpaired) electrons. The first kappa shape index (κ1) is 56.4. The molecule has 0 saturated heterocycles. The summed E-state index contributed by atoms with van der Waals surface area (Å²) in [5.74, 6) is 0.0219. The average Bonchev–Trinajstić information content (AvgIpc) is 3.22. The lowest BCUT2D eigenvalue weighted by Crippen LogP contribution is -2.30. The molecule has 344 valence electrons. The summed E-state index contributed by atoms with van der Waals surface area (Å²) in [6.07, 6.45) is 48.0. The Morgan fingerprint density at radius 2 is 0.603 bits per heavy atom. The van der Waals surface area contributed by atoms with Crippen LogP contribution in [0.1, 0.15) is 291 Å². The van der Waals surface area contributed by atoms with Gasteiger partial charge >= 0.3 is 17.9 Å². The molecule has 0 aliphatic heterocycles. The number of hydrogen-bond acceptors (Lipinski definition) is 6. The summed E-state index contributed by atoms with van der Waals surface area (Å²) < 4.78 is 16.8. The van der Waals surface area contributed by atoms with Crippen molar-refractivity contribution in [3.8, 4) is 0 Å². The van der Waals surface area contributed by atoms with Crippen LogP contribution in [0.3, 0.4) is 0 Å². The van der Waals surface area contributed by atoms with Crippen LogP contribution in [-0.2, 0) is 28.6 Å². The normalized spacial score (nSPS) is 12.4.